The van der Waals surface area contributed by atoms with E-state index in [1.807, 2.05) is 0 Å². The number of hydrogen-bond donors (Lipinski definition) is 1. The molecule has 1 rings (SSSR count). The predicted octanol–water partition coefficient (Wildman–Crippen LogP) is 1.32. The van der Waals surface area contributed by atoms with Gasteiger partial charge in [0.25, 0.3) is 0 Å². The van der Waals surface area contributed by atoms with Crippen LogP contribution in [0.5, 0.6) is 0 Å². The fourth-order valence-corrected chi connectivity index (χ4v) is 0.734. The number of benzene rings is 1. The van der Waals surface area contributed by atoms with Crippen LogP contribution in [0.15, 0.2) is 23.4 Å². The third-order valence-electron chi connectivity index (χ3n) is 1.33. The van der Waals surface area contributed by atoms with Crippen LogP contribution in [0, 0.1) is 10.7 Å². The molecule has 0 atom stereocenters. The molecular formula is C7H5FN2O2. The molecule has 4 nitrogen and oxygen atoms in total. The SMILES string of the molecule is NC(=O)c1ccc(N=O)c(F)c1. The first-order chi connectivity index (χ1) is 5.65. The largest absolute Gasteiger partial charge is 0.366 e. The average molecular weight is 168 g/mol. The highest BCUT2D eigenvalue weighted by atomic mass is 19.1. The Morgan fingerprint density at radius 3 is 2.58 bits per heavy atom. The number of halogens is 1. The van der Waals surface area contributed by atoms with Gasteiger partial charge in [0.05, 0.1) is 0 Å². The Hall–Kier alpha value is -1.78. The van der Waals surface area contributed by atoms with Gasteiger partial charge in [-0.2, -0.15) is 0 Å². The molecule has 0 saturated carbocycles. The van der Waals surface area contributed by atoms with Crippen LogP contribution in [0.2, 0.25) is 0 Å². The molecule has 1 aromatic carbocycles. The topological polar surface area (TPSA) is 72.5 Å². The highest BCUT2D eigenvalue weighted by Gasteiger charge is 2.06. The average Bonchev–Trinajstić information content (AvgIpc) is 2.04. The molecule has 0 heterocycles. The summed E-state index contributed by atoms with van der Waals surface area (Å²) < 4.78 is 12.7. The van der Waals surface area contributed by atoms with E-state index in [1.165, 1.54) is 6.07 Å². The number of rotatable bonds is 2. The summed E-state index contributed by atoms with van der Waals surface area (Å²) in [7, 11) is 0. The van der Waals surface area contributed by atoms with Gasteiger partial charge in [-0.3, -0.25) is 4.79 Å². The second-order valence-electron chi connectivity index (χ2n) is 2.12. The summed E-state index contributed by atoms with van der Waals surface area (Å²) >= 11 is 0. The van der Waals surface area contributed by atoms with E-state index in [2.05, 4.69) is 5.18 Å². The third-order valence-corrected chi connectivity index (χ3v) is 1.33. The van der Waals surface area contributed by atoms with Crippen LogP contribution >= 0.6 is 0 Å². The van der Waals surface area contributed by atoms with Crippen molar-refractivity contribution in [3.05, 3.63) is 34.5 Å². The lowest BCUT2D eigenvalue weighted by Crippen LogP contribution is -2.10. The van der Waals surface area contributed by atoms with Crippen molar-refractivity contribution in [3.63, 3.8) is 0 Å². The van der Waals surface area contributed by atoms with E-state index >= 15 is 0 Å². The van der Waals surface area contributed by atoms with Crippen LogP contribution in [0.1, 0.15) is 10.4 Å². The zero-order valence-electron chi connectivity index (χ0n) is 5.95. The summed E-state index contributed by atoms with van der Waals surface area (Å²) in [5.74, 6) is -1.59. The minimum Gasteiger partial charge on any atom is -0.366 e. The van der Waals surface area contributed by atoms with Crippen molar-refractivity contribution in [3.8, 4) is 0 Å². The molecule has 0 fully saturated rings. The van der Waals surface area contributed by atoms with Gasteiger partial charge in [-0.15, -0.1) is 4.91 Å². The molecule has 0 spiro atoms. The van der Waals surface area contributed by atoms with Crippen molar-refractivity contribution in [1.82, 2.24) is 0 Å². The maximum atomic E-state index is 12.7. The molecule has 1 amide bonds. The molecule has 0 unspecified atom stereocenters. The van der Waals surface area contributed by atoms with Crippen LogP contribution in [-0.4, -0.2) is 5.91 Å². The lowest BCUT2D eigenvalue weighted by molar-refractivity contribution is 0.1000. The number of carbonyl (C=O) groups excluding carboxylic acids is 1. The molecule has 12 heavy (non-hydrogen) atoms. The van der Waals surface area contributed by atoms with E-state index in [0.717, 1.165) is 12.1 Å². The third kappa shape index (κ3) is 1.45. The molecule has 0 aliphatic heterocycles. The maximum Gasteiger partial charge on any atom is 0.248 e. The van der Waals surface area contributed by atoms with E-state index in [-0.39, 0.29) is 11.3 Å². The van der Waals surface area contributed by atoms with Crippen molar-refractivity contribution >= 4 is 11.6 Å². The van der Waals surface area contributed by atoms with Gasteiger partial charge in [-0.25, -0.2) is 4.39 Å². The van der Waals surface area contributed by atoms with Crippen molar-refractivity contribution in [2.75, 3.05) is 0 Å². The lowest BCUT2D eigenvalue weighted by Gasteiger charge is -1.95. The van der Waals surface area contributed by atoms with Crippen LogP contribution in [0.4, 0.5) is 10.1 Å². The summed E-state index contributed by atoms with van der Waals surface area (Å²) in [5.41, 5.74) is 4.54. The normalized spacial score (nSPS) is 9.42. The highest BCUT2D eigenvalue weighted by molar-refractivity contribution is 5.93. The quantitative estimate of drug-likeness (QED) is 0.676. The van der Waals surface area contributed by atoms with Gasteiger partial charge in [-0.1, -0.05) is 0 Å². The molecular weight excluding hydrogens is 163 g/mol. The Kier molecular flexibility index (Phi) is 2.14. The first kappa shape index (κ1) is 8.32. The van der Waals surface area contributed by atoms with Gasteiger partial charge >= 0.3 is 0 Å². The van der Waals surface area contributed by atoms with Crippen molar-refractivity contribution in [2.24, 2.45) is 10.9 Å². The van der Waals surface area contributed by atoms with E-state index in [0.29, 0.717) is 0 Å². The standard InChI is InChI=1S/C7H5FN2O2/c8-5-3-4(7(9)11)1-2-6(5)10-12/h1-3H,(H2,9,11). The van der Waals surface area contributed by atoms with Crippen LogP contribution < -0.4 is 5.73 Å². The Bertz CT molecular complexity index is 338. The minimum absolute atomic E-state index is 0.0138. The number of primary amides is 1. The molecule has 0 aromatic heterocycles. The molecule has 0 bridgehead atoms. The summed E-state index contributed by atoms with van der Waals surface area (Å²) in [5, 5.41) is 2.39. The summed E-state index contributed by atoms with van der Waals surface area (Å²) in [6, 6.07) is 3.21. The van der Waals surface area contributed by atoms with E-state index in [9.17, 15) is 14.1 Å². The smallest absolute Gasteiger partial charge is 0.248 e. The Morgan fingerprint density at radius 1 is 1.50 bits per heavy atom. The van der Waals surface area contributed by atoms with Crippen LogP contribution in [0.25, 0.3) is 0 Å². The molecule has 5 heteroatoms. The lowest BCUT2D eigenvalue weighted by atomic mass is 10.2. The van der Waals surface area contributed by atoms with Crippen LogP contribution in [0.3, 0.4) is 0 Å². The zero-order chi connectivity index (χ0) is 9.14. The van der Waals surface area contributed by atoms with Gasteiger partial charge in [-0.05, 0) is 23.4 Å². The van der Waals surface area contributed by atoms with Gasteiger partial charge in [0.2, 0.25) is 5.91 Å². The van der Waals surface area contributed by atoms with Gasteiger partial charge < -0.3 is 5.73 Å². The van der Waals surface area contributed by atoms with Gasteiger partial charge in [0.15, 0.2) is 5.82 Å². The summed E-state index contributed by atoms with van der Waals surface area (Å²) in [4.78, 5) is 20.4. The second-order valence-corrected chi connectivity index (χ2v) is 2.12. The molecule has 1 aromatic rings. The second kappa shape index (κ2) is 3.08. The zero-order valence-corrected chi connectivity index (χ0v) is 5.95. The Morgan fingerprint density at radius 2 is 2.17 bits per heavy atom. The highest BCUT2D eigenvalue weighted by Crippen LogP contribution is 2.17. The maximum absolute atomic E-state index is 12.7. The molecule has 0 radical (unpaired) electrons. The predicted molar refractivity (Wildman–Crippen MR) is 40.4 cm³/mol. The Labute approximate surface area is 67.2 Å². The van der Waals surface area contributed by atoms with Crippen molar-refractivity contribution < 1.29 is 9.18 Å². The fraction of sp³-hybridized carbons (Fsp3) is 0. The van der Waals surface area contributed by atoms with E-state index in [1.54, 1.807) is 0 Å². The van der Waals surface area contributed by atoms with Crippen molar-refractivity contribution in [2.45, 2.75) is 0 Å². The first-order valence-corrected chi connectivity index (χ1v) is 3.08. The molecule has 2 N–H and O–H groups in total. The summed E-state index contributed by atoms with van der Waals surface area (Å²) in [6.07, 6.45) is 0. The van der Waals surface area contributed by atoms with Gasteiger partial charge in [0.1, 0.15) is 5.69 Å². The van der Waals surface area contributed by atoms with Crippen LogP contribution in [-0.2, 0) is 0 Å². The van der Waals surface area contributed by atoms with E-state index in [4.69, 9.17) is 5.73 Å². The van der Waals surface area contributed by atoms with Gasteiger partial charge in [0, 0.05) is 5.56 Å². The van der Waals surface area contributed by atoms with E-state index < -0.39 is 11.7 Å². The Balaban J connectivity index is 3.18. The first-order valence-electron chi connectivity index (χ1n) is 3.08. The summed E-state index contributed by atoms with van der Waals surface area (Å²) in [6.45, 7) is 0. The fourth-order valence-electron chi connectivity index (χ4n) is 0.734. The minimum atomic E-state index is -0.846. The number of hydrogen-bond acceptors (Lipinski definition) is 3. The molecule has 0 aliphatic rings. The number of nitrogens with zero attached hydrogens (tertiary/aromatic N) is 1. The number of carbonyl (C=O) groups is 1. The number of nitrogens with two attached hydrogens (primary N) is 1. The molecule has 0 aliphatic carbocycles. The van der Waals surface area contributed by atoms with Crippen molar-refractivity contribution in [1.29, 1.82) is 0 Å². The number of amides is 1. The molecule has 0 saturated heterocycles. The monoisotopic (exact) mass is 168 g/mol. The molecule has 62 valence electrons. The number of nitroso groups, excluding NO2 is 1.